The van der Waals surface area contributed by atoms with Crippen LogP contribution in [0.3, 0.4) is 0 Å². The highest BCUT2D eigenvalue weighted by atomic mass is 16.2. The second-order valence-corrected chi connectivity index (χ2v) is 6.98. The third kappa shape index (κ3) is 2.98. The largest absolute Gasteiger partial charge is 0.340 e. The minimum Gasteiger partial charge on any atom is -0.340 e. The van der Waals surface area contributed by atoms with Crippen molar-refractivity contribution in [3.63, 3.8) is 0 Å². The predicted octanol–water partition coefficient (Wildman–Crippen LogP) is 1.76. The van der Waals surface area contributed by atoms with Crippen LogP contribution in [0.1, 0.15) is 42.6 Å². The molecule has 0 unspecified atom stereocenters. The summed E-state index contributed by atoms with van der Waals surface area (Å²) in [6, 6.07) is 0. The van der Waals surface area contributed by atoms with Gasteiger partial charge in [0.25, 0.3) is 5.91 Å². The fourth-order valence-corrected chi connectivity index (χ4v) is 3.50. The normalized spacial score (nSPS) is 21.8. The first kappa shape index (κ1) is 14.6. The number of carbonyl (C=O) groups excluding carboxylic acids is 1. The van der Waals surface area contributed by atoms with Gasteiger partial charge in [-0.1, -0.05) is 12.8 Å². The molecule has 1 saturated heterocycles. The summed E-state index contributed by atoms with van der Waals surface area (Å²) >= 11 is 0. The van der Waals surface area contributed by atoms with E-state index >= 15 is 0 Å². The van der Waals surface area contributed by atoms with Gasteiger partial charge in [-0.15, -0.1) is 0 Å². The van der Waals surface area contributed by atoms with Gasteiger partial charge in [0.2, 0.25) is 0 Å². The Morgan fingerprint density at radius 3 is 2.52 bits per heavy atom. The van der Waals surface area contributed by atoms with E-state index < -0.39 is 0 Å². The highest BCUT2D eigenvalue weighted by molar-refractivity contribution is 5.92. The molecule has 0 N–H and O–H groups in total. The maximum absolute atomic E-state index is 12.5. The smallest absolute Gasteiger partial charge is 0.274 e. The van der Waals surface area contributed by atoms with Crippen LogP contribution < -0.4 is 0 Å². The molecule has 0 radical (unpaired) electrons. The number of hydrogen-bond acceptors (Lipinski definition) is 3. The average Bonchev–Trinajstić information content (AvgIpc) is 3.17. The van der Waals surface area contributed by atoms with Gasteiger partial charge >= 0.3 is 0 Å². The fraction of sp³-hybridized carbons (Fsp3) is 0.750. The van der Waals surface area contributed by atoms with Crippen molar-refractivity contribution in [3.05, 3.63) is 18.2 Å². The molecule has 2 aliphatic rings. The van der Waals surface area contributed by atoms with Gasteiger partial charge in [-0.2, -0.15) is 0 Å². The van der Waals surface area contributed by atoms with Crippen LogP contribution in [-0.2, 0) is 7.05 Å². The van der Waals surface area contributed by atoms with Gasteiger partial charge in [0.05, 0.1) is 6.33 Å². The molecular weight excluding hydrogens is 264 g/mol. The number of likely N-dealkylation sites (tertiary alicyclic amines) is 1. The maximum Gasteiger partial charge on any atom is 0.274 e. The monoisotopic (exact) mass is 290 g/mol. The topological polar surface area (TPSA) is 41.4 Å². The molecule has 1 aliphatic heterocycles. The summed E-state index contributed by atoms with van der Waals surface area (Å²) in [5.41, 5.74) is 0.860. The zero-order chi connectivity index (χ0) is 15.0. The Labute approximate surface area is 126 Å². The van der Waals surface area contributed by atoms with E-state index in [9.17, 15) is 4.79 Å². The number of imidazole rings is 1. The number of nitrogens with zero attached hydrogens (tertiary/aromatic N) is 4. The number of aryl methyl sites for hydroxylation is 1. The molecule has 3 rings (SSSR count). The minimum atomic E-state index is 0.0781. The van der Waals surface area contributed by atoms with E-state index in [0.29, 0.717) is 11.2 Å². The summed E-state index contributed by atoms with van der Waals surface area (Å²) in [7, 11) is 6.28. The van der Waals surface area contributed by atoms with E-state index in [0.717, 1.165) is 31.8 Å². The molecule has 1 aliphatic carbocycles. The van der Waals surface area contributed by atoms with Crippen LogP contribution in [0.4, 0.5) is 0 Å². The summed E-state index contributed by atoms with van der Waals surface area (Å²) in [6.45, 7) is 1.70. The van der Waals surface area contributed by atoms with Crippen molar-refractivity contribution >= 4 is 5.91 Å². The molecule has 0 spiro atoms. The molecule has 0 atom stereocenters. The Balaban J connectivity index is 1.64. The number of aromatic nitrogens is 2. The van der Waals surface area contributed by atoms with Crippen molar-refractivity contribution in [2.24, 2.45) is 13.0 Å². The van der Waals surface area contributed by atoms with Crippen LogP contribution >= 0.6 is 0 Å². The van der Waals surface area contributed by atoms with Crippen LogP contribution in [0.5, 0.6) is 0 Å². The molecule has 1 aromatic rings. The molecule has 5 heteroatoms. The highest BCUT2D eigenvalue weighted by Crippen LogP contribution is 2.42. The lowest BCUT2D eigenvalue weighted by atomic mass is 9.81. The van der Waals surface area contributed by atoms with Gasteiger partial charge in [0.15, 0.2) is 0 Å². The van der Waals surface area contributed by atoms with Gasteiger partial charge in [-0.3, -0.25) is 4.79 Å². The molecule has 0 aromatic carbocycles. The van der Waals surface area contributed by atoms with Crippen LogP contribution in [0.15, 0.2) is 12.5 Å². The highest BCUT2D eigenvalue weighted by Gasteiger charge is 2.41. The zero-order valence-electron chi connectivity index (χ0n) is 13.4. The van der Waals surface area contributed by atoms with E-state index in [-0.39, 0.29) is 5.91 Å². The first-order chi connectivity index (χ1) is 10.00. The summed E-state index contributed by atoms with van der Waals surface area (Å²) < 4.78 is 1.83. The Bertz CT molecular complexity index is 510. The van der Waals surface area contributed by atoms with Crippen molar-refractivity contribution in [1.82, 2.24) is 19.4 Å². The molecular formula is C16H26N4O. The van der Waals surface area contributed by atoms with Crippen LogP contribution in [0.25, 0.3) is 0 Å². The quantitative estimate of drug-likeness (QED) is 0.848. The van der Waals surface area contributed by atoms with E-state index in [1.807, 2.05) is 16.5 Å². The van der Waals surface area contributed by atoms with Crippen LogP contribution in [0, 0.1) is 5.92 Å². The molecule has 116 valence electrons. The molecule has 1 aromatic heterocycles. The van der Waals surface area contributed by atoms with Crippen molar-refractivity contribution in [2.75, 3.05) is 27.2 Å². The van der Waals surface area contributed by atoms with Crippen molar-refractivity contribution < 1.29 is 4.79 Å². The third-order valence-electron chi connectivity index (χ3n) is 5.22. The van der Waals surface area contributed by atoms with Gasteiger partial charge in [0.1, 0.15) is 5.69 Å². The first-order valence-electron chi connectivity index (χ1n) is 7.95. The lowest BCUT2D eigenvalue weighted by Crippen LogP contribution is -2.54. The Morgan fingerprint density at radius 1 is 1.38 bits per heavy atom. The summed E-state index contributed by atoms with van der Waals surface area (Å²) in [6.07, 6.45) is 9.74. The van der Waals surface area contributed by atoms with Crippen LogP contribution in [-0.4, -0.2) is 58.0 Å². The Hall–Kier alpha value is -1.36. The number of amides is 1. The molecule has 0 bridgehead atoms. The Kier molecular flexibility index (Phi) is 3.78. The standard InChI is InChI=1S/C16H26N4O/c1-18(2)16(10-13-4-5-13)6-8-20(9-7-16)15(21)14-11-19(3)12-17-14/h11-13H,4-10H2,1-3H3. The zero-order valence-corrected chi connectivity index (χ0v) is 13.4. The average molecular weight is 290 g/mol. The second-order valence-electron chi connectivity index (χ2n) is 6.98. The van der Waals surface area contributed by atoms with Crippen molar-refractivity contribution in [1.29, 1.82) is 0 Å². The van der Waals surface area contributed by atoms with Crippen molar-refractivity contribution in [3.8, 4) is 0 Å². The molecule has 2 fully saturated rings. The molecule has 5 nitrogen and oxygen atoms in total. The van der Waals surface area contributed by atoms with Gasteiger partial charge in [-0.25, -0.2) is 4.98 Å². The lowest BCUT2D eigenvalue weighted by Gasteiger charge is -2.46. The number of rotatable bonds is 4. The lowest BCUT2D eigenvalue weighted by molar-refractivity contribution is 0.0360. The summed E-state index contributed by atoms with van der Waals surface area (Å²) in [4.78, 5) is 21.0. The molecule has 21 heavy (non-hydrogen) atoms. The Morgan fingerprint density at radius 2 is 2.05 bits per heavy atom. The van der Waals surface area contributed by atoms with E-state index in [4.69, 9.17) is 0 Å². The van der Waals surface area contributed by atoms with E-state index in [1.54, 1.807) is 12.5 Å². The molecule has 1 amide bonds. The number of piperidine rings is 1. The SMILES string of the molecule is CN(C)C1(CC2CC2)CCN(C(=O)c2cn(C)cn2)CC1. The first-order valence-corrected chi connectivity index (χ1v) is 7.95. The van der Waals surface area contributed by atoms with Gasteiger partial charge in [-0.05, 0) is 39.3 Å². The molecule has 1 saturated carbocycles. The predicted molar refractivity (Wildman–Crippen MR) is 82.1 cm³/mol. The number of carbonyl (C=O) groups is 1. The van der Waals surface area contributed by atoms with Crippen molar-refractivity contribution in [2.45, 2.75) is 37.6 Å². The third-order valence-corrected chi connectivity index (χ3v) is 5.22. The summed E-state index contributed by atoms with van der Waals surface area (Å²) in [5, 5.41) is 0. The van der Waals surface area contributed by atoms with E-state index in [2.05, 4.69) is 24.0 Å². The van der Waals surface area contributed by atoms with Gasteiger partial charge < -0.3 is 14.4 Å². The molecule has 2 heterocycles. The second kappa shape index (κ2) is 5.44. The summed E-state index contributed by atoms with van der Waals surface area (Å²) in [5.74, 6) is 1.000. The van der Waals surface area contributed by atoms with Crippen LogP contribution in [0.2, 0.25) is 0 Å². The minimum absolute atomic E-state index is 0.0781. The fourth-order valence-electron chi connectivity index (χ4n) is 3.50. The van der Waals surface area contributed by atoms with E-state index in [1.165, 1.54) is 19.3 Å². The van der Waals surface area contributed by atoms with Gasteiger partial charge in [0, 0.05) is 31.9 Å². The number of hydrogen-bond donors (Lipinski definition) is 0. The maximum atomic E-state index is 12.5.